The van der Waals surface area contributed by atoms with Crippen molar-refractivity contribution in [2.45, 2.75) is 6.54 Å². The van der Waals surface area contributed by atoms with Crippen molar-refractivity contribution in [1.82, 2.24) is 19.2 Å². The molecule has 154 valence electrons. The quantitative estimate of drug-likeness (QED) is 0.439. The van der Waals surface area contributed by atoms with Crippen LogP contribution in [0.15, 0.2) is 77.6 Å². The van der Waals surface area contributed by atoms with Gasteiger partial charge in [0.15, 0.2) is 5.82 Å². The minimum absolute atomic E-state index is 0.104. The van der Waals surface area contributed by atoms with Gasteiger partial charge < -0.3 is 9.47 Å². The molecule has 31 heavy (non-hydrogen) atoms. The normalized spacial score (nSPS) is 11.2. The molecule has 0 bridgehead atoms. The highest BCUT2D eigenvalue weighted by Gasteiger charge is 2.17. The predicted molar refractivity (Wildman–Crippen MR) is 119 cm³/mol. The molecule has 0 radical (unpaired) electrons. The molecular weight excluding hydrogens is 392 g/mol. The number of ether oxygens (including phenoxy) is 2. The fraction of sp³-hybridized carbons (Fsp3) is 0.125. The lowest BCUT2D eigenvalue weighted by atomic mass is 10.2. The third-order valence-electron chi connectivity index (χ3n) is 5.36. The number of nitrogens with zero attached hydrogens (tertiary/aromatic N) is 4. The van der Waals surface area contributed by atoms with E-state index in [9.17, 15) is 4.79 Å². The molecule has 0 fully saturated rings. The van der Waals surface area contributed by atoms with Crippen LogP contribution < -0.4 is 15.0 Å². The van der Waals surface area contributed by atoms with E-state index in [-0.39, 0.29) is 5.56 Å². The number of methoxy groups -OCH3 is 2. The molecule has 0 aliphatic rings. The number of benzene rings is 3. The Kier molecular flexibility index (Phi) is 4.63. The Morgan fingerprint density at radius 3 is 2.13 bits per heavy atom. The summed E-state index contributed by atoms with van der Waals surface area (Å²) in [6.45, 7) is 0.373. The first kappa shape index (κ1) is 18.9. The number of hydrogen-bond acceptors (Lipinski definition) is 5. The first-order valence-electron chi connectivity index (χ1n) is 9.83. The summed E-state index contributed by atoms with van der Waals surface area (Å²) >= 11 is 0. The van der Waals surface area contributed by atoms with Crippen molar-refractivity contribution >= 4 is 16.7 Å². The summed E-state index contributed by atoms with van der Waals surface area (Å²) < 4.78 is 14.1. The van der Waals surface area contributed by atoms with E-state index < -0.39 is 0 Å². The minimum atomic E-state index is -0.104. The first-order chi connectivity index (χ1) is 15.2. The smallest absolute Gasteiger partial charge is 0.263 e. The molecule has 3 aromatic carbocycles. The first-order valence-corrected chi connectivity index (χ1v) is 9.83. The average Bonchev–Trinajstić information content (AvgIpc) is 3.27. The second kappa shape index (κ2) is 7.60. The Morgan fingerprint density at radius 2 is 1.45 bits per heavy atom. The molecule has 0 amide bonds. The van der Waals surface area contributed by atoms with Crippen LogP contribution in [0.1, 0.15) is 5.56 Å². The highest BCUT2D eigenvalue weighted by molar-refractivity contribution is 5.82. The van der Waals surface area contributed by atoms with Crippen LogP contribution in [-0.4, -0.2) is 33.4 Å². The van der Waals surface area contributed by atoms with Crippen LogP contribution in [0.5, 0.6) is 11.5 Å². The van der Waals surface area contributed by atoms with Gasteiger partial charge in [0.05, 0.1) is 31.7 Å². The molecule has 0 aliphatic heterocycles. The summed E-state index contributed by atoms with van der Waals surface area (Å²) in [7, 11) is 3.26. The second-order valence-corrected chi connectivity index (χ2v) is 7.14. The van der Waals surface area contributed by atoms with Gasteiger partial charge in [-0.25, -0.2) is 0 Å². The molecule has 2 heterocycles. The zero-order valence-electron chi connectivity index (χ0n) is 17.1. The third-order valence-corrected chi connectivity index (χ3v) is 5.36. The minimum Gasteiger partial charge on any atom is -0.497 e. The largest absolute Gasteiger partial charge is 0.497 e. The summed E-state index contributed by atoms with van der Waals surface area (Å²) in [5, 5.41) is 9.44. The Hall–Kier alpha value is -4.13. The summed E-state index contributed by atoms with van der Waals surface area (Å²) in [4.78, 5) is 13.3. The third kappa shape index (κ3) is 3.20. The molecule has 0 saturated heterocycles. The van der Waals surface area contributed by atoms with E-state index in [0.717, 1.165) is 28.1 Å². The van der Waals surface area contributed by atoms with Crippen LogP contribution in [0.4, 0.5) is 0 Å². The molecule has 0 unspecified atom stereocenters. The van der Waals surface area contributed by atoms with Crippen LogP contribution >= 0.6 is 0 Å². The molecule has 0 spiro atoms. The zero-order chi connectivity index (χ0) is 21.4. The molecule has 5 rings (SSSR count). The van der Waals surface area contributed by atoms with Gasteiger partial charge >= 0.3 is 0 Å². The van der Waals surface area contributed by atoms with Crippen molar-refractivity contribution in [3.8, 4) is 22.9 Å². The molecule has 2 aromatic heterocycles. The lowest BCUT2D eigenvalue weighted by molar-refractivity contribution is 0.414. The van der Waals surface area contributed by atoms with Crippen molar-refractivity contribution in [3.05, 3.63) is 88.7 Å². The summed E-state index contributed by atoms with van der Waals surface area (Å²) in [5.41, 5.74) is 2.51. The number of para-hydroxylation sites is 1. The molecule has 0 saturated carbocycles. The van der Waals surface area contributed by atoms with Crippen LogP contribution in [0.25, 0.3) is 28.1 Å². The Balaban J connectivity index is 1.74. The van der Waals surface area contributed by atoms with E-state index in [4.69, 9.17) is 9.47 Å². The topological polar surface area (TPSA) is 70.7 Å². The maximum Gasteiger partial charge on any atom is 0.263 e. The summed E-state index contributed by atoms with van der Waals surface area (Å²) in [6.07, 6.45) is 0. The molecule has 7 heteroatoms. The summed E-state index contributed by atoms with van der Waals surface area (Å²) in [5.74, 6) is 2.69. The second-order valence-electron chi connectivity index (χ2n) is 7.14. The van der Waals surface area contributed by atoms with Gasteiger partial charge in [-0.1, -0.05) is 24.3 Å². The van der Waals surface area contributed by atoms with Crippen LogP contribution in [0, 0.1) is 0 Å². The Bertz CT molecular complexity index is 1430. The maximum absolute atomic E-state index is 13.3. The van der Waals surface area contributed by atoms with Crippen molar-refractivity contribution in [3.63, 3.8) is 0 Å². The van der Waals surface area contributed by atoms with E-state index in [1.54, 1.807) is 18.8 Å². The van der Waals surface area contributed by atoms with E-state index in [0.29, 0.717) is 23.5 Å². The fourth-order valence-corrected chi connectivity index (χ4v) is 3.74. The van der Waals surface area contributed by atoms with Crippen molar-refractivity contribution in [2.75, 3.05) is 14.2 Å². The molecule has 0 atom stereocenters. The van der Waals surface area contributed by atoms with Crippen LogP contribution in [-0.2, 0) is 6.54 Å². The van der Waals surface area contributed by atoms with E-state index >= 15 is 0 Å². The predicted octanol–water partition coefficient (Wildman–Crippen LogP) is 3.78. The lowest BCUT2D eigenvalue weighted by Crippen LogP contribution is -2.24. The summed E-state index contributed by atoms with van der Waals surface area (Å²) in [6, 6.07) is 22.8. The van der Waals surface area contributed by atoms with Crippen molar-refractivity contribution < 1.29 is 9.47 Å². The number of fused-ring (bicyclic) bond motifs is 3. The molecular formula is C24H20N4O3. The maximum atomic E-state index is 13.3. The van der Waals surface area contributed by atoms with Gasteiger partial charge in [-0.2, -0.15) is 0 Å². The van der Waals surface area contributed by atoms with Crippen molar-refractivity contribution in [1.29, 1.82) is 0 Å². The molecule has 5 aromatic rings. The van der Waals surface area contributed by atoms with Gasteiger partial charge in [0.1, 0.15) is 11.5 Å². The lowest BCUT2D eigenvalue weighted by Gasteiger charge is -2.12. The standard InChI is InChI=1S/C24H20N4O3/c1-30-18-11-7-16(8-12-18)15-27-23(29)20-5-3-4-6-21(20)28-22(25-26-24(27)28)17-9-13-19(31-2)14-10-17/h3-14H,15H2,1-2H3. The van der Waals surface area contributed by atoms with Crippen LogP contribution in [0.2, 0.25) is 0 Å². The Morgan fingerprint density at radius 1 is 0.806 bits per heavy atom. The molecule has 7 nitrogen and oxygen atoms in total. The van der Waals surface area contributed by atoms with Crippen LogP contribution in [0.3, 0.4) is 0 Å². The monoisotopic (exact) mass is 412 g/mol. The fourth-order valence-electron chi connectivity index (χ4n) is 3.74. The van der Waals surface area contributed by atoms with E-state index in [2.05, 4.69) is 10.2 Å². The van der Waals surface area contributed by atoms with Gasteiger partial charge in [0.2, 0.25) is 5.78 Å². The van der Waals surface area contributed by atoms with Gasteiger partial charge in [-0.15, -0.1) is 10.2 Å². The number of hydrogen-bond donors (Lipinski definition) is 0. The highest BCUT2D eigenvalue weighted by atomic mass is 16.5. The highest BCUT2D eigenvalue weighted by Crippen LogP contribution is 2.24. The average molecular weight is 412 g/mol. The van der Waals surface area contributed by atoms with Gasteiger partial charge in [0.25, 0.3) is 5.56 Å². The van der Waals surface area contributed by atoms with E-state index in [1.807, 2.05) is 77.2 Å². The van der Waals surface area contributed by atoms with Crippen molar-refractivity contribution in [2.24, 2.45) is 0 Å². The van der Waals surface area contributed by atoms with Gasteiger partial charge in [-0.05, 0) is 54.1 Å². The number of rotatable bonds is 5. The zero-order valence-corrected chi connectivity index (χ0v) is 17.1. The number of aromatic nitrogens is 4. The Labute approximate surface area is 178 Å². The SMILES string of the molecule is COc1ccc(Cn2c(=O)c3ccccc3n3c(-c4ccc(OC)cc4)nnc23)cc1. The van der Waals surface area contributed by atoms with Gasteiger partial charge in [0, 0.05) is 5.56 Å². The van der Waals surface area contributed by atoms with E-state index in [1.165, 1.54) is 0 Å². The molecule has 0 N–H and O–H groups in total. The van der Waals surface area contributed by atoms with Gasteiger partial charge in [-0.3, -0.25) is 13.8 Å². The molecule has 0 aliphatic carbocycles.